The summed E-state index contributed by atoms with van der Waals surface area (Å²) in [6.45, 7) is 3.62. The maximum Gasteiger partial charge on any atom is 0.231 e. The maximum atomic E-state index is 11.0. The van der Waals surface area contributed by atoms with Gasteiger partial charge in [-0.05, 0) is 37.0 Å². The largest absolute Gasteiger partial charge is 0.284 e. The summed E-state index contributed by atoms with van der Waals surface area (Å²) >= 11 is 0. The molecule has 0 heterocycles. The standard InChI is InChI=1S/C15H11NO/c1-3-5-6-7-8-9-10-11-12-14-16-15(17)13-4-2/h4,13H2,1-2H3,(H,16,17). The van der Waals surface area contributed by atoms with Gasteiger partial charge in [-0.15, -0.1) is 0 Å². The topological polar surface area (TPSA) is 29.1 Å². The predicted molar refractivity (Wildman–Crippen MR) is 67.6 cm³/mol. The highest BCUT2D eigenvalue weighted by Gasteiger charge is 1.92. The first kappa shape index (κ1) is 14.3. The smallest absolute Gasteiger partial charge is 0.231 e. The van der Waals surface area contributed by atoms with Gasteiger partial charge < -0.3 is 0 Å². The van der Waals surface area contributed by atoms with Crippen molar-refractivity contribution in [2.24, 2.45) is 0 Å². The van der Waals surface area contributed by atoms with Crippen LogP contribution in [-0.2, 0) is 4.79 Å². The second-order valence-corrected chi connectivity index (χ2v) is 2.67. The van der Waals surface area contributed by atoms with Crippen molar-refractivity contribution in [1.82, 2.24) is 5.32 Å². The molecule has 0 spiro atoms. The minimum absolute atomic E-state index is 0.100. The summed E-state index contributed by atoms with van der Waals surface area (Å²) in [7, 11) is 0. The molecule has 0 saturated carbocycles. The highest BCUT2D eigenvalue weighted by Crippen LogP contribution is 1.83. The number of hydrogen-bond donors (Lipinski definition) is 1. The molecule has 1 amide bonds. The van der Waals surface area contributed by atoms with E-state index in [1.54, 1.807) is 6.92 Å². The molecule has 0 rings (SSSR count). The Morgan fingerprint density at radius 1 is 0.941 bits per heavy atom. The fourth-order valence-corrected chi connectivity index (χ4v) is 0.672. The third kappa shape index (κ3) is 11.2. The SMILES string of the molecule is CC#CC#CC#CC#CC#CNC(=O)CCC. The minimum Gasteiger partial charge on any atom is -0.284 e. The molecule has 0 aromatic carbocycles. The number of carbonyl (C=O) groups is 1. The van der Waals surface area contributed by atoms with E-state index in [4.69, 9.17) is 0 Å². The summed E-state index contributed by atoms with van der Waals surface area (Å²) in [5.41, 5.74) is 0. The fraction of sp³-hybridized carbons (Fsp3) is 0.267. The third-order valence-electron chi connectivity index (χ3n) is 1.30. The molecule has 0 aliphatic carbocycles. The van der Waals surface area contributed by atoms with Crippen LogP contribution < -0.4 is 5.32 Å². The fourth-order valence-electron chi connectivity index (χ4n) is 0.672. The van der Waals surface area contributed by atoms with Crippen LogP contribution in [0.25, 0.3) is 0 Å². The van der Waals surface area contributed by atoms with Crippen molar-refractivity contribution in [1.29, 1.82) is 0 Å². The average molecular weight is 221 g/mol. The molecule has 0 aliphatic heterocycles. The zero-order chi connectivity index (χ0) is 12.8. The second-order valence-electron chi connectivity index (χ2n) is 2.67. The van der Waals surface area contributed by atoms with Crippen LogP contribution in [0.5, 0.6) is 0 Å². The molecule has 0 atom stereocenters. The molecule has 0 fully saturated rings. The van der Waals surface area contributed by atoms with Crippen molar-refractivity contribution in [3.63, 3.8) is 0 Å². The highest BCUT2D eigenvalue weighted by molar-refractivity contribution is 5.77. The lowest BCUT2D eigenvalue weighted by molar-refractivity contribution is -0.119. The van der Waals surface area contributed by atoms with Crippen LogP contribution in [0, 0.1) is 59.3 Å². The molecule has 17 heavy (non-hydrogen) atoms. The van der Waals surface area contributed by atoms with E-state index < -0.39 is 0 Å². The Labute approximate surface area is 103 Å². The quantitative estimate of drug-likeness (QED) is 0.544. The Morgan fingerprint density at radius 3 is 2.00 bits per heavy atom. The molecule has 2 nitrogen and oxygen atoms in total. The predicted octanol–water partition coefficient (Wildman–Crippen LogP) is 0.897. The van der Waals surface area contributed by atoms with E-state index in [2.05, 4.69) is 64.6 Å². The third-order valence-corrected chi connectivity index (χ3v) is 1.30. The number of carbonyl (C=O) groups excluding carboxylic acids is 1. The number of amides is 1. The summed E-state index contributed by atoms with van der Waals surface area (Å²) in [5.74, 6) is 22.5. The van der Waals surface area contributed by atoms with Crippen molar-refractivity contribution in [2.75, 3.05) is 0 Å². The number of rotatable bonds is 2. The van der Waals surface area contributed by atoms with Gasteiger partial charge in [-0.3, -0.25) is 10.1 Å². The van der Waals surface area contributed by atoms with Gasteiger partial charge in [0.25, 0.3) is 0 Å². The van der Waals surface area contributed by atoms with Gasteiger partial charge in [0.2, 0.25) is 5.91 Å². The lowest BCUT2D eigenvalue weighted by atomic mass is 10.3. The first-order chi connectivity index (χ1) is 8.31. The summed E-state index contributed by atoms with van der Waals surface area (Å²) in [6, 6.07) is 2.43. The van der Waals surface area contributed by atoms with Crippen LogP contribution >= 0.6 is 0 Å². The summed E-state index contributed by atoms with van der Waals surface area (Å²) in [4.78, 5) is 11.0. The van der Waals surface area contributed by atoms with Crippen LogP contribution in [0.1, 0.15) is 26.7 Å². The van der Waals surface area contributed by atoms with Gasteiger partial charge >= 0.3 is 0 Å². The van der Waals surface area contributed by atoms with Crippen molar-refractivity contribution in [3.05, 3.63) is 0 Å². The summed E-state index contributed by atoms with van der Waals surface area (Å²) in [6.07, 6.45) is 1.26. The number of hydrogen-bond acceptors (Lipinski definition) is 1. The van der Waals surface area contributed by atoms with Crippen LogP contribution in [0.3, 0.4) is 0 Å². The lowest BCUT2D eigenvalue weighted by Crippen LogP contribution is -2.16. The molecular weight excluding hydrogens is 210 g/mol. The molecule has 82 valence electrons. The van der Waals surface area contributed by atoms with E-state index >= 15 is 0 Å². The molecule has 0 aromatic heterocycles. The van der Waals surface area contributed by atoms with Crippen molar-refractivity contribution in [2.45, 2.75) is 26.7 Å². The van der Waals surface area contributed by atoms with Crippen molar-refractivity contribution < 1.29 is 4.79 Å². The first-order valence-corrected chi connectivity index (χ1v) is 5.01. The van der Waals surface area contributed by atoms with Crippen molar-refractivity contribution >= 4 is 5.91 Å². The zero-order valence-corrected chi connectivity index (χ0v) is 9.82. The Bertz CT molecular complexity index is 557. The summed E-state index contributed by atoms with van der Waals surface area (Å²) < 4.78 is 0. The molecule has 0 aromatic rings. The first-order valence-electron chi connectivity index (χ1n) is 5.01. The Balaban J connectivity index is 4.05. The molecule has 0 radical (unpaired) electrons. The molecular formula is C15H11NO. The van der Waals surface area contributed by atoms with E-state index in [1.165, 1.54) is 0 Å². The average Bonchev–Trinajstić information content (AvgIpc) is 2.32. The van der Waals surface area contributed by atoms with Crippen LogP contribution in [0.2, 0.25) is 0 Å². The normalized spacial score (nSPS) is 5.76. The van der Waals surface area contributed by atoms with E-state index in [9.17, 15) is 4.79 Å². The van der Waals surface area contributed by atoms with Crippen LogP contribution in [-0.4, -0.2) is 5.91 Å². The minimum atomic E-state index is -0.100. The molecule has 1 N–H and O–H groups in total. The maximum absolute atomic E-state index is 11.0. The van der Waals surface area contributed by atoms with Crippen molar-refractivity contribution in [3.8, 4) is 59.3 Å². The van der Waals surface area contributed by atoms with E-state index in [1.807, 2.05) is 6.92 Å². The van der Waals surface area contributed by atoms with Gasteiger partial charge in [0.1, 0.15) is 0 Å². The van der Waals surface area contributed by atoms with E-state index in [-0.39, 0.29) is 5.91 Å². The highest BCUT2D eigenvalue weighted by atomic mass is 16.1. The molecule has 0 aliphatic rings. The van der Waals surface area contributed by atoms with Gasteiger partial charge in [0, 0.05) is 36.1 Å². The Morgan fingerprint density at radius 2 is 1.47 bits per heavy atom. The second kappa shape index (κ2) is 11.3. The molecule has 0 bridgehead atoms. The lowest BCUT2D eigenvalue weighted by Gasteiger charge is -1.90. The molecule has 0 unspecified atom stereocenters. The van der Waals surface area contributed by atoms with E-state index in [0.717, 1.165) is 6.42 Å². The van der Waals surface area contributed by atoms with Gasteiger partial charge in [0.15, 0.2) is 0 Å². The van der Waals surface area contributed by atoms with Gasteiger partial charge in [-0.25, -0.2) is 0 Å². The van der Waals surface area contributed by atoms with Gasteiger partial charge in [0.05, 0.1) is 0 Å². The number of nitrogens with one attached hydrogen (secondary N) is 1. The van der Waals surface area contributed by atoms with Crippen LogP contribution in [0.15, 0.2) is 0 Å². The van der Waals surface area contributed by atoms with Gasteiger partial charge in [-0.2, -0.15) is 0 Å². The zero-order valence-electron chi connectivity index (χ0n) is 9.82. The molecule has 0 saturated heterocycles. The Kier molecular flexibility index (Phi) is 9.52. The Hall–Kier alpha value is -2.73. The monoisotopic (exact) mass is 221 g/mol. The summed E-state index contributed by atoms with van der Waals surface area (Å²) in [5, 5.41) is 2.41. The van der Waals surface area contributed by atoms with Crippen LogP contribution in [0.4, 0.5) is 0 Å². The van der Waals surface area contributed by atoms with E-state index in [0.29, 0.717) is 6.42 Å². The van der Waals surface area contributed by atoms with Gasteiger partial charge in [-0.1, -0.05) is 12.8 Å². The molecule has 2 heteroatoms.